The molecule has 1 fully saturated rings. The molecule has 5 rings (SSSR count). The number of benzene rings is 1. The van der Waals surface area contributed by atoms with Crippen LogP contribution in [-0.2, 0) is 16.1 Å². The molecule has 0 radical (unpaired) electrons. The highest BCUT2D eigenvalue weighted by Gasteiger charge is 2.52. The van der Waals surface area contributed by atoms with E-state index in [-0.39, 0.29) is 12.3 Å². The first-order valence-electron chi connectivity index (χ1n) is 9.43. The van der Waals surface area contributed by atoms with Gasteiger partial charge in [-0.1, -0.05) is 24.3 Å². The predicted molar refractivity (Wildman–Crippen MR) is 105 cm³/mol. The van der Waals surface area contributed by atoms with Crippen LogP contribution in [0.5, 0.6) is 0 Å². The van der Waals surface area contributed by atoms with Crippen LogP contribution < -0.4 is 0 Å². The highest BCUT2D eigenvalue weighted by atomic mass is 16.3. The third kappa shape index (κ3) is 2.91. The Balaban J connectivity index is 1.58. The van der Waals surface area contributed by atoms with Crippen molar-refractivity contribution < 1.29 is 23.2 Å². The van der Waals surface area contributed by atoms with E-state index in [1.807, 2.05) is 12.1 Å². The summed E-state index contributed by atoms with van der Waals surface area (Å²) >= 11 is 0. The summed E-state index contributed by atoms with van der Waals surface area (Å²) in [6.45, 7) is 0.0705. The van der Waals surface area contributed by atoms with Crippen molar-refractivity contribution >= 4 is 28.4 Å². The van der Waals surface area contributed by atoms with E-state index in [0.717, 1.165) is 5.39 Å². The van der Waals surface area contributed by atoms with Crippen LogP contribution in [0, 0.1) is 5.92 Å². The van der Waals surface area contributed by atoms with E-state index in [2.05, 4.69) is 4.98 Å². The predicted octanol–water partition coefficient (Wildman–Crippen LogP) is 3.57. The van der Waals surface area contributed by atoms with Gasteiger partial charge in [-0.2, -0.15) is 0 Å². The van der Waals surface area contributed by atoms with Crippen LogP contribution in [0.25, 0.3) is 11.0 Å². The van der Waals surface area contributed by atoms with Gasteiger partial charge >= 0.3 is 0 Å². The van der Waals surface area contributed by atoms with Crippen LogP contribution in [0.4, 0.5) is 0 Å². The van der Waals surface area contributed by atoms with Gasteiger partial charge in [0.05, 0.1) is 18.8 Å². The lowest BCUT2D eigenvalue weighted by Gasteiger charge is -2.25. The van der Waals surface area contributed by atoms with Gasteiger partial charge in [0, 0.05) is 17.8 Å². The minimum absolute atomic E-state index is 0.0519. The Labute approximate surface area is 170 Å². The van der Waals surface area contributed by atoms with Gasteiger partial charge in [0.2, 0.25) is 11.6 Å². The normalized spacial score (nSPS) is 19.0. The first-order chi connectivity index (χ1) is 14.6. The largest absolute Gasteiger partial charge is 0.467 e. The molecule has 0 spiro atoms. The maximum absolute atomic E-state index is 13.4. The first-order valence-corrected chi connectivity index (χ1v) is 9.43. The Kier molecular flexibility index (Phi) is 4.28. The van der Waals surface area contributed by atoms with Crippen LogP contribution >= 0.6 is 0 Å². The van der Waals surface area contributed by atoms with Crippen molar-refractivity contribution in [1.82, 2.24) is 9.88 Å². The molecular formula is C23H16N2O5. The molecule has 2 atom stereocenters. The third-order valence-electron chi connectivity index (χ3n) is 5.29. The van der Waals surface area contributed by atoms with E-state index in [9.17, 15) is 14.4 Å². The molecule has 1 aliphatic heterocycles. The lowest BCUT2D eigenvalue weighted by Crippen LogP contribution is -2.30. The second-order valence-electron chi connectivity index (χ2n) is 7.10. The molecule has 7 nitrogen and oxygen atoms in total. The molecule has 0 saturated carbocycles. The summed E-state index contributed by atoms with van der Waals surface area (Å²) in [7, 11) is 0. The van der Waals surface area contributed by atoms with Gasteiger partial charge < -0.3 is 13.7 Å². The molecule has 4 aromatic rings. The Hall–Kier alpha value is -4.00. The molecule has 1 saturated heterocycles. The molecule has 0 bridgehead atoms. The second kappa shape index (κ2) is 7.11. The number of aromatic nitrogens is 1. The average Bonchev–Trinajstić information content (AvgIpc) is 3.49. The van der Waals surface area contributed by atoms with Crippen molar-refractivity contribution in [3.8, 4) is 0 Å². The number of nitrogens with zero attached hydrogens (tertiary/aromatic N) is 2. The lowest BCUT2D eigenvalue weighted by molar-refractivity contribution is -0.141. The molecule has 4 heterocycles. The second-order valence-corrected chi connectivity index (χ2v) is 7.10. The van der Waals surface area contributed by atoms with E-state index >= 15 is 0 Å². The van der Waals surface area contributed by atoms with Crippen LogP contribution in [0.3, 0.4) is 0 Å². The van der Waals surface area contributed by atoms with E-state index in [1.165, 1.54) is 11.2 Å². The number of hydrogen-bond acceptors (Lipinski definition) is 6. The number of ketones is 2. The Morgan fingerprint density at radius 3 is 2.67 bits per heavy atom. The summed E-state index contributed by atoms with van der Waals surface area (Å²) in [6, 6.07) is 14.9. The quantitative estimate of drug-likeness (QED) is 0.289. The Morgan fingerprint density at radius 2 is 1.93 bits per heavy atom. The van der Waals surface area contributed by atoms with Gasteiger partial charge in [0.1, 0.15) is 17.3 Å². The molecule has 1 aliphatic rings. The van der Waals surface area contributed by atoms with Crippen molar-refractivity contribution in [3.05, 3.63) is 90.3 Å². The van der Waals surface area contributed by atoms with Gasteiger partial charge in [-0.05, 0) is 35.9 Å². The number of amides is 1. The molecular weight excluding hydrogens is 384 g/mol. The molecule has 148 valence electrons. The van der Waals surface area contributed by atoms with Gasteiger partial charge in [0.15, 0.2) is 5.76 Å². The molecule has 7 heteroatoms. The average molecular weight is 400 g/mol. The number of rotatable bonds is 5. The summed E-state index contributed by atoms with van der Waals surface area (Å²) < 4.78 is 11.0. The van der Waals surface area contributed by atoms with Crippen molar-refractivity contribution in [2.24, 2.45) is 5.92 Å². The van der Waals surface area contributed by atoms with Gasteiger partial charge in [0.25, 0.3) is 5.91 Å². The van der Waals surface area contributed by atoms with Gasteiger partial charge in [-0.3, -0.25) is 19.4 Å². The van der Waals surface area contributed by atoms with Crippen molar-refractivity contribution in [1.29, 1.82) is 0 Å². The zero-order valence-electron chi connectivity index (χ0n) is 15.7. The zero-order chi connectivity index (χ0) is 20.7. The number of hydrogen-bond donors (Lipinski definition) is 0. The van der Waals surface area contributed by atoms with Gasteiger partial charge in [-0.15, -0.1) is 0 Å². The monoisotopic (exact) mass is 400 g/mol. The van der Waals surface area contributed by atoms with E-state index in [4.69, 9.17) is 8.83 Å². The smallest absolute Gasteiger partial charge is 0.291 e. The molecule has 0 N–H and O–H groups in total. The van der Waals surface area contributed by atoms with Crippen LogP contribution in [0.1, 0.15) is 27.9 Å². The third-order valence-corrected chi connectivity index (χ3v) is 5.29. The van der Waals surface area contributed by atoms with E-state index < -0.39 is 29.4 Å². The minimum atomic E-state index is -1.22. The highest BCUT2D eigenvalue weighted by Crippen LogP contribution is 2.39. The molecule has 0 aliphatic carbocycles. The van der Waals surface area contributed by atoms with Crippen LogP contribution in [0.15, 0.2) is 82.1 Å². The lowest BCUT2D eigenvalue weighted by atomic mass is 9.89. The highest BCUT2D eigenvalue weighted by molar-refractivity contribution is 6.43. The molecule has 2 unspecified atom stereocenters. The first kappa shape index (κ1) is 18.1. The van der Waals surface area contributed by atoms with E-state index in [0.29, 0.717) is 16.9 Å². The fourth-order valence-electron chi connectivity index (χ4n) is 3.91. The number of pyridine rings is 1. The number of carbonyl (C=O) groups is 3. The Bertz CT molecular complexity index is 1210. The Morgan fingerprint density at radius 1 is 1.07 bits per heavy atom. The van der Waals surface area contributed by atoms with Crippen LogP contribution in [-0.4, -0.2) is 27.4 Å². The van der Waals surface area contributed by atoms with Crippen molar-refractivity contribution in [3.63, 3.8) is 0 Å². The summed E-state index contributed by atoms with van der Waals surface area (Å²) in [6.07, 6.45) is 4.65. The fourth-order valence-corrected chi connectivity index (χ4v) is 3.91. The number of likely N-dealkylation sites (tertiary alicyclic amines) is 1. The number of furan rings is 2. The van der Waals surface area contributed by atoms with E-state index in [1.54, 1.807) is 54.9 Å². The zero-order valence-corrected chi connectivity index (χ0v) is 15.7. The molecule has 3 aromatic heterocycles. The number of Topliss-reactive ketones (excluding diaryl/α,β-unsaturated/α-hetero) is 2. The maximum Gasteiger partial charge on any atom is 0.291 e. The SMILES string of the molecule is O=C1C(=O)N(Cc2ccco2)C(c2cccnc2)C1C(=O)c1cc2ccccc2o1. The topological polar surface area (TPSA) is 93.6 Å². The van der Waals surface area contributed by atoms with Crippen molar-refractivity contribution in [2.45, 2.75) is 12.6 Å². The number of para-hydroxylation sites is 1. The fraction of sp³-hybridized carbons (Fsp3) is 0.130. The van der Waals surface area contributed by atoms with Gasteiger partial charge in [-0.25, -0.2) is 0 Å². The molecule has 30 heavy (non-hydrogen) atoms. The van der Waals surface area contributed by atoms with Crippen molar-refractivity contribution in [2.75, 3.05) is 0 Å². The number of carbonyl (C=O) groups excluding carboxylic acids is 3. The minimum Gasteiger partial charge on any atom is -0.467 e. The summed E-state index contributed by atoms with van der Waals surface area (Å²) in [4.78, 5) is 44.7. The summed E-state index contributed by atoms with van der Waals surface area (Å²) in [5.41, 5.74) is 1.14. The summed E-state index contributed by atoms with van der Waals surface area (Å²) in [5.74, 6) is -2.67. The maximum atomic E-state index is 13.4. The summed E-state index contributed by atoms with van der Waals surface area (Å²) in [5, 5.41) is 0.753. The van der Waals surface area contributed by atoms with Crippen LogP contribution in [0.2, 0.25) is 0 Å². The molecule has 1 amide bonds. The molecule has 1 aromatic carbocycles. The standard InChI is InChI=1S/C23H16N2O5/c26-21(18-11-14-5-1-2-8-17(14)30-18)19-20(15-6-3-9-24-12-15)25(23(28)22(19)27)13-16-7-4-10-29-16/h1-12,19-20H,13H2. The number of fused-ring (bicyclic) bond motifs is 1.